The van der Waals surface area contributed by atoms with E-state index in [0.29, 0.717) is 6.54 Å². The molecule has 0 saturated heterocycles. The van der Waals surface area contributed by atoms with E-state index in [1.54, 1.807) is 0 Å². The van der Waals surface area contributed by atoms with Crippen LogP contribution in [0.2, 0.25) is 0 Å². The van der Waals surface area contributed by atoms with Gasteiger partial charge in [-0.15, -0.1) is 0 Å². The lowest BCUT2D eigenvalue weighted by molar-refractivity contribution is -0.115. The molecule has 0 spiro atoms. The van der Waals surface area contributed by atoms with Crippen molar-refractivity contribution in [2.75, 3.05) is 4.90 Å². The minimum Gasteiger partial charge on any atom is -0.304 e. The highest BCUT2D eigenvalue weighted by Crippen LogP contribution is 2.24. The van der Waals surface area contributed by atoms with Crippen LogP contribution in [-0.2, 0) is 11.3 Å². The van der Waals surface area contributed by atoms with Gasteiger partial charge in [0.25, 0.3) is 5.91 Å². The van der Waals surface area contributed by atoms with Gasteiger partial charge in [-0.3, -0.25) is 4.79 Å². The van der Waals surface area contributed by atoms with Crippen molar-refractivity contribution >= 4 is 11.6 Å². The maximum Gasteiger partial charge on any atom is 0.254 e. The molecule has 1 amide bonds. The molecule has 22 heavy (non-hydrogen) atoms. The normalized spacial score (nSPS) is 14.3. The van der Waals surface area contributed by atoms with E-state index in [9.17, 15) is 4.79 Å². The van der Waals surface area contributed by atoms with Crippen molar-refractivity contribution in [1.29, 1.82) is 0 Å². The second kappa shape index (κ2) is 7.08. The van der Waals surface area contributed by atoms with Crippen molar-refractivity contribution in [1.82, 2.24) is 0 Å². The molecule has 3 rings (SSSR count). The van der Waals surface area contributed by atoms with Crippen LogP contribution in [0.3, 0.4) is 0 Å². The molecular formula is C20H21NO. The summed E-state index contributed by atoms with van der Waals surface area (Å²) in [6.07, 6.45) is 6.35. The van der Waals surface area contributed by atoms with Gasteiger partial charge < -0.3 is 4.90 Å². The first kappa shape index (κ1) is 14.6. The summed E-state index contributed by atoms with van der Waals surface area (Å²) in [6.45, 7) is 0.612. The average Bonchev–Trinajstić information content (AvgIpc) is 2.61. The van der Waals surface area contributed by atoms with Gasteiger partial charge in [0.1, 0.15) is 0 Å². The summed E-state index contributed by atoms with van der Waals surface area (Å²) in [5.74, 6) is 0.148. The molecule has 2 heteroatoms. The van der Waals surface area contributed by atoms with Crippen LogP contribution in [0.15, 0.2) is 72.3 Å². The highest BCUT2D eigenvalue weighted by molar-refractivity contribution is 6.05. The van der Waals surface area contributed by atoms with Crippen LogP contribution < -0.4 is 4.90 Å². The van der Waals surface area contributed by atoms with Crippen molar-refractivity contribution in [3.05, 3.63) is 77.9 Å². The molecule has 0 bridgehead atoms. The van der Waals surface area contributed by atoms with Crippen LogP contribution >= 0.6 is 0 Å². The third-order valence-electron chi connectivity index (χ3n) is 4.06. The molecule has 0 N–H and O–H groups in total. The van der Waals surface area contributed by atoms with E-state index in [2.05, 4.69) is 18.2 Å². The molecule has 0 heterocycles. The van der Waals surface area contributed by atoms with Crippen LogP contribution in [0.25, 0.3) is 0 Å². The molecule has 0 fully saturated rings. The molecule has 2 aromatic carbocycles. The largest absolute Gasteiger partial charge is 0.304 e. The third kappa shape index (κ3) is 3.45. The van der Waals surface area contributed by atoms with E-state index in [1.807, 2.05) is 53.4 Å². The number of amides is 1. The number of allylic oxidation sites excluding steroid dienone is 1. The lowest BCUT2D eigenvalue weighted by Crippen LogP contribution is -2.32. The Morgan fingerprint density at radius 3 is 2.23 bits per heavy atom. The van der Waals surface area contributed by atoms with Gasteiger partial charge in [-0.05, 0) is 43.4 Å². The van der Waals surface area contributed by atoms with Crippen molar-refractivity contribution in [2.24, 2.45) is 0 Å². The average molecular weight is 291 g/mol. The number of nitrogens with zero attached hydrogens (tertiary/aromatic N) is 1. The maximum atomic E-state index is 13.0. The van der Waals surface area contributed by atoms with Crippen LogP contribution in [-0.4, -0.2) is 5.91 Å². The predicted molar refractivity (Wildman–Crippen MR) is 90.6 cm³/mol. The van der Waals surface area contributed by atoms with E-state index in [-0.39, 0.29) is 5.91 Å². The van der Waals surface area contributed by atoms with Crippen molar-refractivity contribution in [2.45, 2.75) is 32.2 Å². The lowest BCUT2D eigenvalue weighted by atomic mass is 9.98. The minimum atomic E-state index is 0.148. The summed E-state index contributed by atoms with van der Waals surface area (Å²) in [6, 6.07) is 20.1. The fourth-order valence-corrected chi connectivity index (χ4v) is 2.86. The zero-order valence-corrected chi connectivity index (χ0v) is 12.7. The smallest absolute Gasteiger partial charge is 0.254 e. The molecule has 1 aliphatic rings. The maximum absolute atomic E-state index is 13.0. The summed E-state index contributed by atoms with van der Waals surface area (Å²) in [5.41, 5.74) is 3.07. The molecule has 0 saturated carbocycles. The summed E-state index contributed by atoms with van der Waals surface area (Å²) in [7, 11) is 0. The molecule has 0 atom stereocenters. The summed E-state index contributed by atoms with van der Waals surface area (Å²) >= 11 is 0. The first-order valence-electron chi connectivity index (χ1n) is 7.94. The number of hydrogen-bond acceptors (Lipinski definition) is 1. The summed E-state index contributed by atoms with van der Waals surface area (Å²) < 4.78 is 0. The van der Waals surface area contributed by atoms with Gasteiger partial charge in [0, 0.05) is 11.3 Å². The summed E-state index contributed by atoms with van der Waals surface area (Å²) in [5, 5.41) is 0. The minimum absolute atomic E-state index is 0.148. The zero-order valence-electron chi connectivity index (χ0n) is 12.7. The Hall–Kier alpha value is -2.35. The van der Waals surface area contributed by atoms with Crippen LogP contribution in [0.4, 0.5) is 5.69 Å². The molecule has 0 aromatic heterocycles. The van der Waals surface area contributed by atoms with E-state index >= 15 is 0 Å². The first-order valence-corrected chi connectivity index (χ1v) is 7.94. The number of benzene rings is 2. The van der Waals surface area contributed by atoms with Crippen LogP contribution in [0.1, 0.15) is 31.2 Å². The van der Waals surface area contributed by atoms with Crippen molar-refractivity contribution in [3.8, 4) is 0 Å². The quantitative estimate of drug-likeness (QED) is 0.798. The monoisotopic (exact) mass is 291 g/mol. The number of para-hydroxylation sites is 1. The Labute approximate surface area is 132 Å². The second-order valence-corrected chi connectivity index (χ2v) is 5.69. The predicted octanol–water partition coefficient (Wildman–Crippen LogP) is 4.72. The van der Waals surface area contributed by atoms with Gasteiger partial charge >= 0.3 is 0 Å². The number of carbonyl (C=O) groups excluding carboxylic acids is 1. The topological polar surface area (TPSA) is 20.3 Å². The Balaban J connectivity index is 1.89. The fourth-order valence-electron chi connectivity index (χ4n) is 2.86. The van der Waals surface area contributed by atoms with E-state index in [0.717, 1.165) is 36.1 Å². The number of anilines is 1. The summed E-state index contributed by atoms with van der Waals surface area (Å²) in [4.78, 5) is 14.9. The van der Waals surface area contributed by atoms with Crippen molar-refractivity contribution in [3.63, 3.8) is 0 Å². The Morgan fingerprint density at radius 1 is 0.909 bits per heavy atom. The molecule has 2 nitrogen and oxygen atoms in total. The Bertz CT molecular complexity index is 646. The zero-order chi connectivity index (χ0) is 15.2. The van der Waals surface area contributed by atoms with E-state index in [1.165, 1.54) is 6.42 Å². The van der Waals surface area contributed by atoms with Crippen LogP contribution in [0.5, 0.6) is 0 Å². The molecule has 2 aromatic rings. The SMILES string of the molecule is O=C(C1=CCCCC1)N(Cc1ccccc1)c1ccccc1. The number of rotatable bonds is 4. The second-order valence-electron chi connectivity index (χ2n) is 5.69. The third-order valence-corrected chi connectivity index (χ3v) is 4.06. The number of hydrogen-bond donors (Lipinski definition) is 0. The highest BCUT2D eigenvalue weighted by Gasteiger charge is 2.21. The van der Waals surface area contributed by atoms with E-state index < -0.39 is 0 Å². The van der Waals surface area contributed by atoms with Gasteiger partial charge in [-0.1, -0.05) is 54.6 Å². The van der Waals surface area contributed by atoms with Gasteiger partial charge in [0.2, 0.25) is 0 Å². The standard InChI is InChI=1S/C20H21NO/c22-20(18-12-6-2-7-13-18)21(19-14-8-3-9-15-19)16-17-10-4-1-5-11-17/h1,3-5,8-12,14-15H,2,6-7,13,16H2. The van der Waals surface area contributed by atoms with E-state index in [4.69, 9.17) is 0 Å². The van der Waals surface area contributed by atoms with Gasteiger partial charge in [0.05, 0.1) is 6.54 Å². The molecule has 0 radical (unpaired) electrons. The van der Waals surface area contributed by atoms with Crippen molar-refractivity contribution < 1.29 is 4.79 Å². The molecule has 0 unspecified atom stereocenters. The Morgan fingerprint density at radius 2 is 1.59 bits per heavy atom. The van der Waals surface area contributed by atoms with Gasteiger partial charge in [-0.2, -0.15) is 0 Å². The molecular weight excluding hydrogens is 270 g/mol. The molecule has 1 aliphatic carbocycles. The fraction of sp³-hybridized carbons (Fsp3) is 0.250. The van der Waals surface area contributed by atoms with Gasteiger partial charge in [-0.25, -0.2) is 0 Å². The highest BCUT2D eigenvalue weighted by atomic mass is 16.2. The van der Waals surface area contributed by atoms with Crippen LogP contribution in [0, 0.1) is 0 Å². The number of carbonyl (C=O) groups is 1. The lowest BCUT2D eigenvalue weighted by Gasteiger charge is -2.25. The van der Waals surface area contributed by atoms with Gasteiger partial charge in [0.15, 0.2) is 0 Å². The Kier molecular flexibility index (Phi) is 4.69. The molecule has 0 aliphatic heterocycles. The molecule has 112 valence electrons. The first-order chi connectivity index (χ1) is 10.8.